The molecule has 0 atom stereocenters. The second-order valence-corrected chi connectivity index (χ2v) is 7.90. The van der Waals surface area contributed by atoms with Crippen molar-refractivity contribution in [3.63, 3.8) is 0 Å². The van der Waals surface area contributed by atoms with Crippen LogP contribution in [0.1, 0.15) is 11.1 Å². The van der Waals surface area contributed by atoms with E-state index in [2.05, 4.69) is 4.98 Å². The van der Waals surface area contributed by atoms with Gasteiger partial charge >= 0.3 is 0 Å². The molecule has 1 aromatic heterocycles. The molecule has 5 nitrogen and oxygen atoms in total. The molecule has 0 fully saturated rings. The second kappa shape index (κ2) is 7.58. The molecule has 0 amide bonds. The van der Waals surface area contributed by atoms with Crippen molar-refractivity contribution in [3.05, 3.63) is 84.2 Å². The number of ether oxygens (including phenoxy) is 1. The van der Waals surface area contributed by atoms with E-state index in [0.717, 1.165) is 16.9 Å². The number of sulfonamides is 1. The molecule has 0 spiro atoms. The molecule has 1 heterocycles. The van der Waals surface area contributed by atoms with E-state index in [0.29, 0.717) is 11.4 Å². The van der Waals surface area contributed by atoms with Gasteiger partial charge in [-0.15, -0.1) is 0 Å². The van der Waals surface area contributed by atoms with Crippen LogP contribution in [0.2, 0.25) is 0 Å². The summed E-state index contributed by atoms with van der Waals surface area (Å²) < 4.78 is 31.9. The average Bonchev–Trinajstić information content (AvgIpc) is 2.61. The lowest BCUT2D eigenvalue weighted by atomic mass is 10.1. The van der Waals surface area contributed by atoms with Gasteiger partial charge in [0.25, 0.3) is 0 Å². The van der Waals surface area contributed by atoms with Crippen molar-refractivity contribution in [2.24, 2.45) is 0 Å². The van der Waals surface area contributed by atoms with Gasteiger partial charge in [0, 0.05) is 12.4 Å². The lowest BCUT2D eigenvalue weighted by Crippen LogP contribution is -2.30. The molecular formula is C20H20N2O3S. The molecule has 0 aliphatic rings. The van der Waals surface area contributed by atoms with Crippen LogP contribution >= 0.6 is 0 Å². The number of aromatic nitrogens is 1. The van der Waals surface area contributed by atoms with Crippen LogP contribution in [0.15, 0.2) is 73.1 Å². The first-order chi connectivity index (χ1) is 12.4. The first kappa shape index (κ1) is 17.9. The van der Waals surface area contributed by atoms with Crippen LogP contribution in [0.3, 0.4) is 0 Å². The van der Waals surface area contributed by atoms with E-state index < -0.39 is 10.0 Å². The predicted molar refractivity (Wildman–Crippen MR) is 103 cm³/mol. The Bertz CT molecular complexity index is 974. The molecule has 0 bridgehead atoms. The first-order valence-corrected chi connectivity index (χ1v) is 9.98. The second-order valence-electron chi connectivity index (χ2n) is 5.99. The Balaban J connectivity index is 1.90. The monoisotopic (exact) mass is 368 g/mol. The molecule has 26 heavy (non-hydrogen) atoms. The summed E-state index contributed by atoms with van der Waals surface area (Å²) in [5, 5.41) is 0. The Morgan fingerprint density at radius 1 is 1.00 bits per heavy atom. The normalized spacial score (nSPS) is 11.2. The lowest BCUT2D eigenvalue weighted by Gasteiger charge is -2.24. The van der Waals surface area contributed by atoms with Crippen molar-refractivity contribution in [3.8, 4) is 11.5 Å². The number of pyridine rings is 1. The molecule has 3 rings (SSSR count). The highest BCUT2D eigenvalue weighted by atomic mass is 32.2. The SMILES string of the molecule is Cc1cc(Oc2ccccc2)ccc1N(Cc1cccnc1)S(C)(=O)=O. The Morgan fingerprint density at radius 3 is 2.38 bits per heavy atom. The van der Waals surface area contributed by atoms with Gasteiger partial charge in [0.05, 0.1) is 18.5 Å². The summed E-state index contributed by atoms with van der Waals surface area (Å²) in [5.41, 5.74) is 2.26. The van der Waals surface area contributed by atoms with Crippen LogP contribution in [0.25, 0.3) is 0 Å². The summed E-state index contributed by atoms with van der Waals surface area (Å²) in [5.74, 6) is 1.39. The topological polar surface area (TPSA) is 59.5 Å². The van der Waals surface area contributed by atoms with Gasteiger partial charge < -0.3 is 4.74 Å². The summed E-state index contributed by atoms with van der Waals surface area (Å²) in [7, 11) is -3.45. The maximum atomic E-state index is 12.3. The van der Waals surface area contributed by atoms with E-state index >= 15 is 0 Å². The van der Waals surface area contributed by atoms with Crippen molar-refractivity contribution in [1.82, 2.24) is 4.98 Å². The maximum absolute atomic E-state index is 12.3. The Morgan fingerprint density at radius 2 is 1.77 bits per heavy atom. The minimum Gasteiger partial charge on any atom is -0.457 e. The van der Waals surface area contributed by atoms with Crippen molar-refractivity contribution in [1.29, 1.82) is 0 Å². The summed E-state index contributed by atoms with van der Waals surface area (Å²) in [6.07, 6.45) is 4.53. The van der Waals surface area contributed by atoms with Crippen molar-refractivity contribution < 1.29 is 13.2 Å². The zero-order valence-electron chi connectivity index (χ0n) is 14.7. The molecule has 0 saturated carbocycles. The van der Waals surface area contributed by atoms with Crippen LogP contribution in [0, 0.1) is 6.92 Å². The fourth-order valence-corrected chi connectivity index (χ4v) is 3.58. The largest absolute Gasteiger partial charge is 0.457 e. The molecule has 134 valence electrons. The van der Waals surface area contributed by atoms with Crippen LogP contribution < -0.4 is 9.04 Å². The zero-order valence-corrected chi connectivity index (χ0v) is 15.5. The molecule has 0 unspecified atom stereocenters. The smallest absolute Gasteiger partial charge is 0.232 e. The van der Waals surface area contributed by atoms with Gasteiger partial charge in [0.2, 0.25) is 10.0 Å². The third-order valence-corrected chi connectivity index (χ3v) is 4.99. The molecule has 0 radical (unpaired) electrons. The molecule has 0 saturated heterocycles. The van der Waals surface area contributed by atoms with Crippen LogP contribution in [0.4, 0.5) is 5.69 Å². The van der Waals surface area contributed by atoms with Crippen LogP contribution in [-0.2, 0) is 16.6 Å². The molecule has 0 N–H and O–H groups in total. The summed E-state index contributed by atoms with van der Waals surface area (Å²) in [6.45, 7) is 2.10. The number of benzene rings is 2. The Labute approximate surface area is 153 Å². The minimum absolute atomic E-state index is 0.229. The minimum atomic E-state index is -3.45. The molecule has 0 aliphatic heterocycles. The molecular weight excluding hydrogens is 348 g/mol. The van der Waals surface area contributed by atoms with Crippen molar-refractivity contribution in [2.45, 2.75) is 13.5 Å². The molecule has 0 aliphatic carbocycles. The van der Waals surface area contributed by atoms with Crippen molar-refractivity contribution >= 4 is 15.7 Å². The van der Waals surface area contributed by atoms with E-state index in [9.17, 15) is 8.42 Å². The van der Waals surface area contributed by atoms with Gasteiger partial charge in [-0.2, -0.15) is 0 Å². The third-order valence-electron chi connectivity index (χ3n) is 3.87. The van der Waals surface area contributed by atoms with Gasteiger partial charge in [-0.3, -0.25) is 9.29 Å². The van der Waals surface area contributed by atoms with Gasteiger partial charge in [0.15, 0.2) is 0 Å². The molecule has 6 heteroatoms. The maximum Gasteiger partial charge on any atom is 0.232 e. The Hall–Kier alpha value is -2.86. The van der Waals surface area contributed by atoms with E-state index in [-0.39, 0.29) is 6.54 Å². The van der Waals surface area contributed by atoms with E-state index in [1.165, 1.54) is 10.6 Å². The van der Waals surface area contributed by atoms with E-state index in [1.807, 2.05) is 49.4 Å². The van der Waals surface area contributed by atoms with Crippen LogP contribution in [-0.4, -0.2) is 19.7 Å². The zero-order chi connectivity index (χ0) is 18.6. The summed E-state index contributed by atoms with van der Waals surface area (Å²) >= 11 is 0. The number of hydrogen-bond donors (Lipinski definition) is 0. The standard InChI is InChI=1S/C20H20N2O3S/c1-16-13-19(25-18-8-4-3-5-9-18)10-11-20(16)22(26(2,23)24)15-17-7-6-12-21-14-17/h3-14H,15H2,1-2H3. The highest BCUT2D eigenvalue weighted by Crippen LogP contribution is 2.30. The van der Waals surface area contributed by atoms with Gasteiger partial charge in [0.1, 0.15) is 11.5 Å². The predicted octanol–water partition coefficient (Wildman–Crippen LogP) is 4.15. The van der Waals surface area contributed by atoms with Gasteiger partial charge in [-0.1, -0.05) is 24.3 Å². The van der Waals surface area contributed by atoms with Gasteiger partial charge in [-0.25, -0.2) is 8.42 Å². The van der Waals surface area contributed by atoms with E-state index in [1.54, 1.807) is 30.6 Å². The average molecular weight is 368 g/mol. The third kappa shape index (κ3) is 4.40. The van der Waals surface area contributed by atoms with Crippen LogP contribution in [0.5, 0.6) is 11.5 Å². The quantitative estimate of drug-likeness (QED) is 0.656. The number of aryl methyl sites for hydroxylation is 1. The number of anilines is 1. The van der Waals surface area contributed by atoms with Crippen molar-refractivity contribution in [2.75, 3.05) is 10.6 Å². The fourth-order valence-electron chi connectivity index (χ4n) is 2.63. The summed E-state index contributed by atoms with van der Waals surface area (Å²) in [4.78, 5) is 4.06. The lowest BCUT2D eigenvalue weighted by molar-refractivity contribution is 0.482. The number of para-hydroxylation sites is 1. The molecule has 2 aromatic carbocycles. The first-order valence-electron chi connectivity index (χ1n) is 8.13. The number of nitrogens with zero attached hydrogens (tertiary/aromatic N) is 2. The van der Waals surface area contributed by atoms with Gasteiger partial charge in [-0.05, 0) is 54.4 Å². The molecule has 3 aromatic rings. The highest BCUT2D eigenvalue weighted by Gasteiger charge is 2.20. The number of hydrogen-bond acceptors (Lipinski definition) is 4. The Kier molecular flexibility index (Phi) is 5.23. The fraction of sp³-hybridized carbons (Fsp3) is 0.150. The summed E-state index contributed by atoms with van der Waals surface area (Å²) in [6, 6.07) is 18.5. The van der Waals surface area contributed by atoms with E-state index in [4.69, 9.17) is 4.74 Å². The highest BCUT2D eigenvalue weighted by molar-refractivity contribution is 7.92. The number of rotatable bonds is 6.